The highest BCUT2D eigenvalue weighted by Crippen LogP contribution is 2.36. The van der Waals surface area contributed by atoms with Gasteiger partial charge in [-0.15, -0.1) is 0 Å². The molecule has 3 aromatic rings. The quantitative estimate of drug-likeness (QED) is 0.801. The number of benzene rings is 1. The van der Waals surface area contributed by atoms with Crippen LogP contribution in [0.3, 0.4) is 0 Å². The zero-order chi connectivity index (χ0) is 15.0. The van der Waals surface area contributed by atoms with E-state index in [0.717, 1.165) is 45.4 Å². The highest BCUT2D eigenvalue weighted by molar-refractivity contribution is 7.10. The first-order valence-corrected chi connectivity index (χ1v) is 7.65. The summed E-state index contributed by atoms with van der Waals surface area (Å²) in [6, 6.07) is 6.00. The van der Waals surface area contributed by atoms with Crippen molar-refractivity contribution in [3.63, 3.8) is 0 Å². The van der Waals surface area contributed by atoms with Crippen LogP contribution in [0.2, 0.25) is 0 Å². The lowest BCUT2D eigenvalue weighted by Gasteiger charge is -2.07. The van der Waals surface area contributed by atoms with Crippen molar-refractivity contribution in [1.82, 2.24) is 13.9 Å². The Hall–Kier alpha value is -2.08. The molecule has 0 amide bonds. The first kappa shape index (κ1) is 13.9. The molecule has 3 rings (SSSR count). The van der Waals surface area contributed by atoms with Crippen molar-refractivity contribution in [1.29, 1.82) is 0 Å². The standard InChI is InChI=1S/C15H18N4OS/c1-5-19-12-7-6-10(20-4)8-11(12)17-14(19)13-9(2)18-21-15(13)16-3/h6-8,16H,5H2,1-4H3. The number of hydrogen-bond donors (Lipinski definition) is 1. The van der Waals surface area contributed by atoms with Gasteiger partial charge in [0.15, 0.2) is 0 Å². The third kappa shape index (κ3) is 2.15. The van der Waals surface area contributed by atoms with Crippen LogP contribution in [0.25, 0.3) is 22.4 Å². The Balaban J connectivity index is 2.29. The molecule has 0 saturated heterocycles. The second-order valence-corrected chi connectivity index (χ2v) is 5.53. The maximum atomic E-state index is 5.29. The van der Waals surface area contributed by atoms with Crippen LogP contribution in [0.15, 0.2) is 18.2 Å². The number of hydrogen-bond acceptors (Lipinski definition) is 5. The Kier molecular flexibility index (Phi) is 3.55. The van der Waals surface area contributed by atoms with E-state index in [9.17, 15) is 0 Å². The Labute approximate surface area is 127 Å². The number of nitrogens with zero attached hydrogens (tertiary/aromatic N) is 3. The van der Waals surface area contributed by atoms with Gasteiger partial charge < -0.3 is 14.6 Å². The fraction of sp³-hybridized carbons (Fsp3) is 0.333. The third-order valence-electron chi connectivity index (χ3n) is 3.59. The van der Waals surface area contributed by atoms with E-state index in [1.165, 1.54) is 11.5 Å². The lowest BCUT2D eigenvalue weighted by atomic mass is 10.2. The van der Waals surface area contributed by atoms with E-state index in [1.54, 1.807) is 7.11 Å². The van der Waals surface area contributed by atoms with E-state index < -0.39 is 0 Å². The molecular formula is C15H18N4OS. The summed E-state index contributed by atoms with van der Waals surface area (Å²) in [4.78, 5) is 4.81. The minimum atomic E-state index is 0.823. The van der Waals surface area contributed by atoms with E-state index in [2.05, 4.69) is 27.2 Å². The Morgan fingerprint density at radius 3 is 2.86 bits per heavy atom. The minimum absolute atomic E-state index is 0.823. The average Bonchev–Trinajstić information content (AvgIpc) is 3.05. The molecule has 0 aliphatic rings. The molecule has 0 unspecified atom stereocenters. The van der Waals surface area contributed by atoms with E-state index in [-0.39, 0.29) is 0 Å². The van der Waals surface area contributed by atoms with Crippen molar-refractivity contribution in [2.45, 2.75) is 20.4 Å². The molecular weight excluding hydrogens is 284 g/mol. The van der Waals surface area contributed by atoms with Crippen molar-refractivity contribution >= 4 is 27.6 Å². The Morgan fingerprint density at radius 2 is 2.19 bits per heavy atom. The number of fused-ring (bicyclic) bond motifs is 1. The number of rotatable bonds is 4. The first-order chi connectivity index (χ1) is 10.2. The van der Waals surface area contributed by atoms with Gasteiger partial charge in [0.2, 0.25) is 0 Å². The van der Waals surface area contributed by atoms with E-state index in [1.807, 2.05) is 26.1 Å². The van der Waals surface area contributed by atoms with Gasteiger partial charge in [0.1, 0.15) is 16.6 Å². The van der Waals surface area contributed by atoms with Crippen LogP contribution in [-0.2, 0) is 6.54 Å². The maximum absolute atomic E-state index is 5.29. The molecule has 2 heterocycles. The number of anilines is 1. The van der Waals surface area contributed by atoms with Crippen LogP contribution in [-0.4, -0.2) is 28.1 Å². The van der Waals surface area contributed by atoms with Crippen LogP contribution in [0.5, 0.6) is 5.75 Å². The average molecular weight is 302 g/mol. The molecule has 0 saturated carbocycles. The molecule has 1 aromatic carbocycles. The molecule has 0 aliphatic heterocycles. The van der Waals surface area contributed by atoms with Crippen molar-refractivity contribution in [2.75, 3.05) is 19.5 Å². The van der Waals surface area contributed by atoms with Crippen molar-refractivity contribution in [3.05, 3.63) is 23.9 Å². The van der Waals surface area contributed by atoms with Crippen LogP contribution in [0, 0.1) is 6.92 Å². The summed E-state index contributed by atoms with van der Waals surface area (Å²) in [5.41, 5.74) is 4.14. The summed E-state index contributed by atoms with van der Waals surface area (Å²) in [6.45, 7) is 5.01. The summed E-state index contributed by atoms with van der Waals surface area (Å²) in [7, 11) is 3.59. The molecule has 2 aromatic heterocycles. The Bertz CT molecular complexity index is 790. The molecule has 5 nitrogen and oxygen atoms in total. The molecule has 1 N–H and O–H groups in total. The predicted molar refractivity (Wildman–Crippen MR) is 87.4 cm³/mol. The topological polar surface area (TPSA) is 52.0 Å². The predicted octanol–water partition coefficient (Wildman–Crippen LogP) is 3.54. The Morgan fingerprint density at radius 1 is 1.38 bits per heavy atom. The van der Waals surface area contributed by atoms with Crippen LogP contribution < -0.4 is 10.1 Å². The van der Waals surface area contributed by atoms with E-state index >= 15 is 0 Å². The van der Waals surface area contributed by atoms with Gasteiger partial charge in [-0.1, -0.05) is 0 Å². The summed E-state index contributed by atoms with van der Waals surface area (Å²) in [6.07, 6.45) is 0. The van der Waals surface area contributed by atoms with Gasteiger partial charge in [-0.2, -0.15) is 4.37 Å². The van der Waals surface area contributed by atoms with Crippen LogP contribution in [0.1, 0.15) is 12.6 Å². The van der Waals surface area contributed by atoms with Crippen LogP contribution >= 0.6 is 11.5 Å². The summed E-state index contributed by atoms with van der Waals surface area (Å²) >= 11 is 1.47. The van der Waals surface area contributed by atoms with Gasteiger partial charge in [-0.05, 0) is 37.5 Å². The number of aromatic nitrogens is 3. The SMILES string of the molecule is CCn1c(-c2c(C)nsc2NC)nc2cc(OC)ccc21. The molecule has 0 spiro atoms. The normalized spacial score (nSPS) is 11.0. The molecule has 0 aliphatic carbocycles. The van der Waals surface area contributed by atoms with Gasteiger partial charge in [0, 0.05) is 19.7 Å². The highest BCUT2D eigenvalue weighted by atomic mass is 32.1. The molecule has 0 atom stereocenters. The molecule has 110 valence electrons. The second kappa shape index (κ2) is 5.37. The zero-order valence-corrected chi connectivity index (χ0v) is 13.4. The fourth-order valence-corrected chi connectivity index (χ4v) is 3.29. The monoisotopic (exact) mass is 302 g/mol. The molecule has 0 fully saturated rings. The minimum Gasteiger partial charge on any atom is -0.497 e. The number of aryl methyl sites for hydroxylation is 2. The zero-order valence-electron chi connectivity index (χ0n) is 12.6. The number of nitrogens with one attached hydrogen (secondary N) is 1. The highest BCUT2D eigenvalue weighted by Gasteiger charge is 2.19. The van der Waals surface area contributed by atoms with Crippen molar-refractivity contribution in [3.8, 4) is 17.1 Å². The van der Waals surface area contributed by atoms with Crippen molar-refractivity contribution < 1.29 is 4.74 Å². The van der Waals surface area contributed by atoms with Gasteiger partial charge in [-0.3, -0.25) is 0 Å². The van der Waals surface area contributed by atoms with Gasteiger partial charge in [-0.25, -0.2) is 4.98 Å². The smallest absolute Gasteiger partial charge is 0.146 e. The summed E-state index contributed by atoms with van der Waals surface area (Å²) < 4.78 is 12.0. The second-order valence-electron chi connectivity index (χ2n) is 4.76. The lowest BCUT2D eigenvalue weighted by Crippen LogP contribution is -1.99. The molecule has 0 bridgehead atoms. The first-order valence-electron chi connectivity index (χ1n) is 6.88. The third-order valence-corrected chi connectivity index (χ3v) is 4.54. The summed E-state index contributed by atoms with van der Waals surface area (Å²) in [5.74, 6) is 1.78. The summed E-state index contributed by atoms with van der Waals surface area (Å²) in [5, 5.41) is 4.26. The maximum Gasteiger partial charge on any atom is 0.146 e. The lowest BCUT2D eigenvalue weighted by molar-refractivity contribution is 0.415. The van der Waals surface area contributed by atoms with Gasteiger partial charge in [0.05, 0.1) is 29.4 Å². The van der Waals surface area contributed by atoms with Gasteiger partial charge >= 0.3 is 0 Å². The van der Waals surface area contributed by atoms with E-state index in [0.29, 0.717) is 0 Å². The largest absolute Gasteiger partial charge is 0.497 e. The van der Waals surface area contributed by atoms with Crippen LogP contribution in [0.4, 0.5) is 5.00 Å². The van der Waals surface area contributed by atoms with Gasteiger partial charge in [0.25, 0.3) is 0 Å². The van der Waals surface area contributed by atoms with E-state index in [4.69, 9.17) is 9.72 Å². The fourth-order valence-electron chi connectivity index (χ4n) is 2.55. The number of ether oxygens (including phenoxy) is 1. The molecule has 0 radical (unpaired) electrons. The molecule has 21 heavy (non-hydrogen) atoms. The number of imidazole rings is 1. The number of methoxy groups -OCH3 is 1. The molecule has 6 heteroatoms. The van der Waals surface area contributed by atoms with Crippen molar-refractivity contribution in [2.24, 2.45) is 0 Å².